The zero-order valence-corrected chi connectivity index (χ0v) is 9.90. The van der Waals surface area contributed by atoms with Crippen LogP contribution in [-0.4, -0.2) is 26.9 Å². The summed E-state index contributed by atoms with van der Waals surface area (Å²) >= 11 is 0. The van der Waals surface area contributed by atoms with E-state index < -0.39 is 28.8 Å². The minimum atomic E-state index is -0.619. The van der Waals surface area contributed by atoms with E-state index in [2.05, 4.69) is 10.6 Å². The van der Waals surface area contributed by atoms with Crippen molar-refractivity contribution in [1.82, 2.24) is 5.32 Å². The highest BCUT2D eigenvalue weighted by molar-refractivity contribution is 5.90. The van der Waals surface area contributed by atoms with E-state index in [0.29, 0.717) is 0 Å². The summed E-state index contributed by atoms with van der Waals surface area (Å²) in [6, 6.07) is 1.80. The van der Waals surface area contributed by atoms with E-state index in [9.17, 15) is 15.0 Å². The maximum absolute atomic E-state index is 11.5. The Morgan fingerprint density at radius 1 is 1.12 bits per heavy atom. The molecule has 0 atom stereocenters. The highest BCUT2D eigenvalue weighted by atomic mass is 16.3. The van der Waals surface area contributed by atoms with Gasteiger partial charge in [0.05, 0.1) is 5.69 Å². The molecule has 1 aromatic rings. The Morgan fingerprint density at radius 3 is 2.00 bits per heavy atom. The van der Waals surface area contributed by atoms with Gasteiger partial charge in [-0.25, -0.2) is 4.79 Å². The van der Waals surface area contributed by atoms with Crippen LogP contribution in [0.3, 0.4) is 0 Å². The molecule has 0 radical (unpaired) electrons. The van der Waals surface area contributed by atoms with Crippen molar-refractivity contribution in [3.8, 4) is 17.2 Å². The van der Waals surface area contributed by atoms with E-state index in [0.717, 1.165) is 12.1 Å². The van der Waals surface area contributed by atoms with Gasteiger partial charge in [0, 0.05) is 17.7 Å². The molecule has 17 heavy (non-hydrogen) atoms. The predicted molar refractivity (Wildman–Crippen MR) is 63.3 cm³/mol. The lowest BCUT2D eigenvalue weighted by Crippen LogP contribution is -2.43. The molecule has 0 aliphatic rings. The molecule has 0 saturated carbocycles. The first kappa shape index (κ1) is 13.0. The summed E-state index contributed by atoms with van der Waals surface area (Å²) in [5.41, 5.74) is -0.218. The molecule has 0 spiro atoms. The first-order valence-corrected chi connectivity index (χ1v) is 5.03. The van der Waals surface area contributed by atoms with Crippen LogP contribution >= 0.6 is 0 Å². The molecule has 5 N–H and O–H groups in total. The number of phenols is 3. The number of amides is 2. The van der Waals surface area contributed by atoms with Crippen molar-refractivity contribution < 1.29 is 20.1 Å². The molecule has 0 aliphatic heterocycles. The van der Waals surface area contributed by atoms with Crippen molar-refractivity contribution in [3.05, 3.63) is 12.1 Å². The van der Waals surface area contributed by atoms with Gasteiger partial charge in [-0.15, -0.1) is 0 Å². The quantitative estimate of drug-likeness (QED) is 0.381. The Morgan fingerprint density at radius 2 is 1.59 bits per heavy atom. The fraction of sp³-hybridized carbons (Fsp3) is 0.364. The maximum Gasteiger partial charge on any atom is 0.319 e. The van der Waals surface area contributed by atoms with Crippen LogP contribution in [0.25, 0.3) is 0 Å². The van der Waals surface area contributed by atoms with E-state index in [1.807, 2.05) is 20.8 Å². The van der Waals surface area contributed by atoms with Gasteiger partial charge in [-0.3, -0.25) is 0 Å². The van der Waals surface area contributed by atoms with Crippen LogP contribution in [0.15, 0.2) is 12.1 Å². The summed E-state index contributed by atoms with van der Waals surface area (Å²) in [7, 11) is 0. The van der Waals surface area contributed by atoms with Crippen LogP contribution < -0.4 is 10.6 Å². The molecule has 0 bridgehead atoms. The van der Waals surface area contributed by atoms with Crippen LogP contribution in [-0.2, 0) is 0 Å². The summed E-state index contributed by atoms with van der Waals surface area (Å²) in [5, 5.41) is 32.7. The third-order valence-electron chi connectivity index (χ3n) is 1.82. The Labute approximate surface area is 98.9 Å². The van der Waals surface area contributed by atoms with Gasteiger partial charge >= 0.3 is 6.03 Å². The van der Waals surface area contributed by atoms with E-state index >= 15 is 0 Å². The lowest BCUT2D eigenvalue weighted by molar-refractivity contribution is 0.244. The summed E-state index contributed by atoms with van der Waals surface area (Å²) in [5.74, 6) is -1.63. The number of benzene rings is 1. The molecule has 0 fully saturated rings. The Bertz CT molecular complexity index is 415. The second-order valence-corrected chi connectivity index (χ2v) is 4.69. The van der Waals surface area contributed by atoms with Crippen molar-refractivity contribution in [3.63, 3.8) is 0 Å². The maximum atomic E-state index is 11.5. The molecule has 2 amide bonds. The molecule has 0 saturated heterocycles. The first-order valence-electron chi connectivity index (χ1n) is 5.03. The van der Waals surface area contributed by atoms with Crippen LogP contribution in [0, 0.1) is 0 Å². The smallest absolute Gasteiger partial charge is 0.319 e. The number of phenolic OH excluding ortho intramolecular Hbond substituents is 3. The van der Waals surface area contributed by atoms with E-state index in [1.54, 1.807) is 0 Å². The second kappa shape index (κ2) is 4.40. The van der Waals surface area contributed by atoms with Crippen molar-refractivity contribution in [2.24, 2.45) is 0 Å². The molecular formula is C11H16N2O4. The standard InChI is InChI=1S/C11H16N2O4/c1-11(2,3)13-10(17)12-6-4-7(14)9(16)8(15)5-6/h4-5,14-16H,1-3H3,(H2,12,13,17). The number of carbonyl (C=O) groups is 1. The Hall–Kier alpha value is -2.11. The van der Waals surface area contributed by atoms with Crippen LogP contribution in [0.4, 0.5) is 10.5 Å². The molecule has 1 aromatic carbocycles. The van der Waals surface area contributed by atoms with E-state index in [-0.39, 0.29) is 5.69 Å². The van der Waals surface area contributed by atoms with Gasteiger partial charge in [-0.1, -0.05) is 0 Å². The molecule has 0 unspecified atom stereocenters. The zero-order valence-electron chi connectivity index (χ0n) is 9.90. The summed E-state index contributed by atoms with van der Waals surface area (Å²) < 4.78 is 0. The van der Waals surface area contributed by atoms with Gasteiger partial charge in [-0.2, -0.15) is 0 Å². The average molecular weight is 240 g/mol. The molecule has 6 heteroatoms. The van der Waals surface area contributed by atoms with Gasteiger partial charge in [0.1, 0.15) is 0 Å². The molecule has 0 aromatic heterocycles. The summed E-state index contributed by atoms with van der Waals surface area (Å²) in [6.45, 7) is 5.45. The molecule has 6 nitrogen and oxygen atoms in total. The number of rotatable bonds is 1. The summed E-state index contributed by atoms with van der Waals surface area (Å²) in [4.78, 5) is 11.5. The minimum Gasteiger partial charge on any atom is -0.504 e. The number of nitrogens with one attached hydrogen (secondary N) is 2. The minimum absolute atomic E-state index is 0.180. The van der Waals surface area contributed by atoms with Gasteiger partial charge < -0.3 is 26.0 Å². The highest BCUT2D eigenvalue weighted by Gasteiger charge is 2.15. The third-order valence-corrected chi connectivity index (χ3v) is 1.82. The Balaban J connectivity index is 2.79. The fourth-order valence-corrected chi connectivity index (χ4v) is 1.18. The number of anilines is 1. The molecule has 1 rings (SSSR count). The van der Waals surface area contributed by atoms with Gasteiger partial charge in [0.15, 0.2) is 17.2 Å². The van der Waals surface area contributed by atoms with Crippen LogP contribution in [0.1, 0.15) is 20.8 Å². The fourth-order valence-electron chi connectivity index (χ4n) is 1.18. The SMILES string of the molecule is CC(C)(C)NC(=O)Nc1cc(O)c(O)c(O)c1. The monoisotopic (exact) mass is 240 g/mol. The number of aromatic hydroxyl groups is 3. The lowest BCUT2D eigenvalue weighted by atomic mass is 10.1. The average Bonchev–Trinajstić information content (AvgIpc) is 2.10. The number of urea groups is 1. The predicted octanol–water partition coefficient (Wildman–Crippen LogP) is 1.72. The molecule has 94 valence electrons. The number of hydrogen-bond acceptors (Lipinski definition) is 4. The zero-order chi connectivity index (χ0) is 13.2. The first-order chi connectivity index (χ1) is 7.69. The van der Waals surface area contributed by atoms with Gasteiger partial charge in [0.2, 0.25) is 0 Å². The number of hydrogen-bond donors (Lipinski definition) is 5. The largest absolute Gasteiger partial charge is 0.504 e. The van der Waals surface area contributed by atoms with Crippen LogP contribution in [0.5, 0.6) is 17.2 Å². The van der Waals surface area contributed by atoms with E-state index in [4.69, 9.17) is 5.11 Å². The number of carbonyl (C=O) groups excluding carboxylic acids is 1. The summed E-state index contributed by atoms with van der Waals surface area (Å²) in [6.07, 6.45) is 0. The van der Waals surface area contributed by atoms with Crippen molar-refractivity contribution in [2.75, 3.05) is 5.32 Å². The van der Waals surface area contributed by atoms with E-state index in [1.165, 1.54) is 0 Å². The molecule has 0 aliphatic carbocycles. The lowest BCUT2D eigenvalue weighted by Gasteiger charge is -2.20. The normalized spacial score (nSPS) is 11.0. The molecular weight excluding hydrogens is 224 g/mol. The van der Waals surface area contributed by atoms with Gasteiger partial charge in [0.25, 0.3) is 0 Å². The third kappa shape index (κ3) is 3.75. The molecule has 0 heterocycles. The van der Waals surface area contributed by atoms with Crippen molar-refractivity contribution in [2.45, 2.75) is 26.3 Å². The highest BCUT2D eigenvalue weighted by Crippen LogP contribution is 2.37. The van der Waals surface area contributed by atoms with Crippen molar-refractivity contribution in [1.29, 1.82) is 0 Å². The van der Waals surface area contributed by atoms with Crippen LogP contribution in [0.2, 0.25) is 0 Å². The second-order valence-electron chi connectivity index (χ2n) is 4.69. The van der Waals surface area contributed by atoms with Crippen molar-refractivity contribution >= 4 is 11.7 Å². The Kier molecular flexibility index (Phi) is 3.36. The topological polar surface area (TPSA) is 102 Å². The van der Waals surface area contributed by atoms with Gasteiger partial charge in [-0.05, 0) is 20.8 Å².